The van der Waals surface area contributed by atoms with E-state index in [1.54, 1.807) is 13.2 Å². The monoisotopic (exact) mass is 412 g/mol. The lowest BCUT2D eigenvalue weighted by atomic mass is 10.2. The summed E-state index contributed by atoms with van der Waals surface area (Å²) in [5, 5.41) is 5.82. The normalized spacial score (nSPS) is 15.8. The summed E-state index contributed by atoms with van der Waals surface area (Å²) in [4.78, 5) is 12.0. The molecule has 2 N–H and O–H groups in total. The Hall–Kier alpha value is -2.90. The van der Waals surface area contributed by atoms with Crippen LogP contribution in [0.3, 0.4) is 0 Å². The zero-order valence-electron chi connectivity index (χ0n) is 16.2. The molecule has 6 nitrogen and oxygen atoms in total. The van der Waals surface area contributed by atoms with Gasteiger partial charge in [-0.15, -0.1) is 0 Å². The molecular formula is C22H24N2O4S. The van der Waals surface area contributed by atoms with Crippen LogP contribution < -0.4 is 20.1 Å². The number of ether oxygens (including phenoxy) is 3. The molecule has 29 heavy (non-hydrogen) atoms. The average Bonchev–Trinajstić information content (AvgIpc) is 3.26. The van der Waals surface area contributed by atoms with E-state index in [1.165, 1.54) is 6.08 Å². The van der Waals surface area contributed by atoms with Gasteiger partial charge in [-0.2, -0.15) is 0 Å². The largest absolute Gasteiger partial charge is 0.497 e. The minimum atomic E-state index is -0.310. The second kappa shape index (κ2) is 10.6. The van der Waals surface area contributed by atoms with Gasteiger partial charge in [0.15, 0.2) is 5.11 Å². The number of rotatable bonds is 7. The van der Waals surface area contributed by atoms with E-state index in [-0.39, 0.29) is 17.1 Å². The number of methoxy groups -OCH3 is 1. The molecule has 1 unspecified atom stereocenters. The summed E-state index contributed by atoms with van der Waals surface area (Å²) in [6.07, 6.45) is 5.45. The number of benzene rings is 2. The van der Waals surface area contributed by atoms with Crippen LogP contribution in [-0.4, -0.2) is 37.4 Å². The topological polar surface area (TPSA) is 68.8 Å². The van der Waals surface area contributed by atoms with Gasteiger partial charge in [0.25, 0.3) is 0 Å². The molecule has 0 saturated carbocycles. The molecule has 1 atom stereocenters. The van der Waals surface area contributed by atoms with E-state index < -0.39 is 0 Å². The van der Waals surface area contributed by atoms with Gasteiger partial charge in [0.05, 0.1) is 13.2 Å². The first-order valence-corrected chi connectivity index (χ1v) is 9.82. The van der Waals surface area contributed by atoms with Gasteiger partial charge in [0.2, 0.25) is 5.91 Å². The third kappa shape index (κ3) is 6.89. The Balaban J connectivity index is 1.42. The van der Waals surface area contributed by atoms with Crippen molar-refractivity contribution >= 4 is 35.0 Å². The predicted molar refractivity (Wildman–Crippen MR) is 117 cm³/mol. The minimum Gasteiger partial charge on any atom is -0.497 e. The maximum Gasteiger partial charge on any atom is 0.250 e. The minimum absolute atomic E-state index is 0.182. The molecule has 0 bridgehead atoms. The second-order valence-electron chi connectivity index (χ2n) is 6.52. The molecule has 3 rings (SSSR count). The number of carbonyl (C=O) groups excluding carboxylic acids is 1. The lowest BCUT2D eigenvalue weighted by Crippen LogP contribution is -2.32. The van der Waals surface area contributed by atoms with E-state index in [4.69, 9.17) is 26.4 Å². The molecule has 0 radical (unpaired) electrons. The first-order valence-electron chi connectivity index (χ1n) is 9.41. The molecule has 1 aliphatic rings. The van der Waals surface area contributed by atoms with Crippen molar-refractivity contribution in [2.45, 2.75) is 18.9 Å². The molecule has 2 aromatic carbocycles. The van der Waals surface area contributed by atoms with E-state index in [9.17, 15) is 4.79 Å². The van der Waals surface area contributed by atoms with Crippen molar-refractivity contribution < 1.29 is 19.0 Å². The molecule has 152 valence electrons. The Kier molecular flexibility index (Phi) is 7.61. The van der Waals surface area contributed by atoms with Crippen LogP contribution in [0.25, 0.3) is 6.08 Å². The first-order chi connectivity index (χ1) is 14.1. The number of thiocarbonyl (C=S) groups is 1. The van der Waals surface area contributed by atoms with E-state index >= 15 is 0 Å². The van der Waals surface area contributed by atoms with Crippen LogP contribution in [0.15, 0.2) is 54.6 Å². The smallest absolute Gasteiger partial charge is 0.250 e. The van der Waals surface area contributed by atoms with Gasteiger partial charge in [-0.1, -0.05) is 12.1 Å². The molecule has 1 amide bonds. The quantitative estimate of drug-likeness (QED) is 0.533. The Morgan fingerprint density at radius 3 is 2.55 bits per heavy atom. The first kappa shape index (κ1) is 20.8. The lowest BCUT2D eigenvalue weighted by molar-refractivity contribution is -0.115. The Bertz CT molecular complexity index is 844. The number of carbonyl (C=O) groups is 1. The highest BCUT2D eigenvalue weighted by Gasteiger charge is 2.15. The molecule has 1 fully saturated rings. The Morgan fingerprint density at radius 1 is 1.17 bits per heavy atom. The highest BCUT2D eigenvalue weighted by Crippen LogP contribution is 2.18. The van der Waals surface area contributed by atoms with E-state index in [0.29, 0.717) is 6.61 Å². The number of amides is 1. The fourth-order valence-corrected chi connectivity index (χ4v) is 3.02. The number of nitrogens with one attached hydrogen (secondary N) is 2. The number of hydrogen-bond acceptors (Lipinski definition) is 5. The molecule has 0 spiro atoms. The summed E-state index contributed by atoms with van der Waals surface area (Å²) in [7, 11) is 1.61. The average molecular weight is 413 g/mol. The van der Waals surface area contributed by atoms with Crippen LogP contribution in [0.1, 0.15) is 18.4 Å². The van der Waals surface area contributed by atoms with Crippen molar-refractivity contribution in [2.24, 2.45) is 0 Å². The summed E-state index contributed by atoms with van der Waals surface area (Å²) in [5.74, 6) is 1.22. The number of anilines is 1. The number of hydrogen-bond donors (Lipinski definition) is 2. The molecule has 1 aliphatic heterocycles. The van der Waals surface area contributed by atoms with Gasteiger partial charge in [-0.25, -0.2) is 0 Å². The van der Waals surface area contributed by atoms with Gasteiger partial charge < -0.3 is 19.5 Å². The summed E-state index contributed by atoms with van der Waals surface area (Å²) in [6.45, 7) is 1.37. The van der Waals surface area contributed by atoms with Crippen molar-refractivity contribution in [2.75, 3.05) is 25.6 Å². The van der Waals surface area contributed by atoms with Crippen LogP contribution in [0.5, 0.6) is 11.5 Å². The van der Waals surface area contributed by atoms with Crippen molar-refractivity contribution in [1.29, 1.82) is 0 Å². The van der Waals surface area contributed by atoms with E-state index in [2.05, 4.69) is 10.6 Å². The van der Waals surface area contributed by atoms with Gasteiger partial charge in [0, 0.05) is 18.4 Å². The van der Waals surface area contributed by atoms with Crippen LogP contribution in [0, 0.1) is 0 Å². The van der Waals surface area contributed by atoms with E-state index in [0.717, 1.165) is 42.2 Å². The fourth-order valence-electron chi connectivity index (χ4n) is 2.80. The van der Waals surface area contributed by atoms with Crippen molar-refractivity contribution in [3.63, 3.8) is 0 Å². The molecule has 0 aliphatic carbocycles. The second-order valence-corrected chi connectivity index (χ2v) is 6.93. The SMILES string of the molecule is COc1ccc(/C=C/C(=O)NC(=S)Nc2ccc(OCC3CCCO3)cc2)cc1. The van der Waals surface area contributed by atoms with Crippen molar-refractivity contribution in [3.05, 3.63) is 60.2 Å². The van der Waals surface area contributed by atoms with Gasteiger partial charge in [-0.3, -0.25) is 10.1 Å². The van der Waals surface area contributed by atoms with Crippen LogP contribution in [0.4, 0.5) is 5.69 Å². The van der Waals surface area contributed by atoms with E-state index in [1.807, 2.05) is 48.5 Å². The maximum absolute atomic E-state index is 12.0. The van der Waals surface area contributed by atoms with Crippen LogP contribution in [0.2, 0.25) is 0 Å². The highest BCUT2D eigenvalue weighted by atomic mass is 32.1. The molecule has 0 aromatic heterocycles. The molecular weight excluding hydrogens is 388 g/mol. The van der Waals surface area contributed by atoms with Crippen molar-refractivity contribution in [1.82, 2.24) is 5.32 Å². The van der Waals surface area contributed by atoms with Gasteiger partial charge >= 0.3 is 0 Å². The summed E-state index contributed by atoms with van der Waals surface area (Å²) in [5.41, 5.74) is 1.65. The van der Waals surface area contributed by atoms with Crippen LogP contribution >= 0.6 is 12.2 Å². The molecule has 1 saturated heterocycles. The zero-order chi connectivity index (χ0) is 20.5. The van der Waals surface area contributed by atoms with Gasteiger partial charge in [-0.05, 0) is 73.1 Å². The zero-order valence-corrected chi connectivity index (χ0v) is 17.0. The standard InChI is InChI=1S/C22H24N2O4S/c1-26-18-9-4-16(5-10-18)6-13-21(25)24-22(29)23-17-7-11-19(12-8-17)28-15-20-3-2-14-27-20/h4-13,20H,2-3,14-15H2,1H3,(H2,23,24,25,29)/b13-6+. The highest BCUT2D eigenvalue weighted by molar-refractivity contribution is 7.80. The Morgan fingerprint density at radius 2 is 1.90 bits per heavy atom. The summed E-state index contributed by atoms with van der Waals surface area (Å²) in [6, 6.07) is 14.8. The summed E-state index contributed by atoms with van der Waals surface area (Å²) < 4.78 is 16.4. The maximum atomic E-state index is 12.0. The fraction of sp³-hybridized carbons (Fsp3) is 0.273. The summed E-state index contributed by atoms with van der Waals surface area (Å²) >= 11 is 5.19. The third-order valence-electron chi connectivity index (χ3n) is 4.35. The third-order valence-corrected chi connectivity index (χ3v) is 4.56. The van der Waals surface area contributed by atoms with Crippen LogP contribution in [-0.2, 0) is 9.53 Å². The lowest BCUT2D eigenvalue weighted by Gasteiger charge is -2.12. The van der Waals surface area contributed by atoms with Crippen molar-refractivity contribution in [3.8, 4) is 11.5 Å². The molecule has 2 aromatic rings. The van der Waals surface area contributed by atoms with Gasteiger partial charge in [0.1, 0.15) is 18.1 Å². The Labute approximate surface area is 175 Å². The predicted octanol–water partition coefficient (Wildman–Crippen LogP) is 3.78. The molecule has 7 heteroatoms. The molecule has 1 heterocycles.